The van der Waals surface area contributed by atoms with Crippen molar-refractivity contribution >= 4 is 10.0 Å². The van der Waals surface area contributed by atoms with Crippen molar-refractivity contribution in [3.8, 4) is 0 Å². The predicted octanol–water partition coefficient (Wildman–Crippen LogP) is 1.65. The van der Waals surface area contributed by atoms with Gasteiger partial charge in [-0.15, -0.1) is 0 Å². The van der Waals surface area contributed by atoms with E-state index in [1.807, 2.05) is 12.1 Å². The molecule has 0 amide bonds. The second-order valence-corrected chi connectivity index (χ2v) is 7.80. The quantitative estimate of drug-likeness (QED) is 0.867. The van der Waals surface area contributed by atoms with Crippen LogP contribution in [0.25, 0.3) is 0 Å². The molecule has 20 heavy (non-hydrogen) atoms. The lowest BCUT2D eigenvalue weighted by Gasteiger charge is -2.22. The van der Waals surface area contributed by atoms with Gasteiger partial charge in [-0.2, -0.15) is 0 Å². The molecule has 0 saturated heterocycles. The third-order valence-corrected chi connectivity index (χ3v) is 6.22. The molecule has 3 N–H and O–H groups in total. The lowest BCUT2D eigenvalue weighted by atomic mass is 9.96. The summed E-state index contributed by atoms with van der Waals surface area (Å²) in [6, 6.07) is 7.20. The Bertz CT molecular complexity index is 568. The summed E-state index contributed by atoms with van der Waals surface area (Å²) in [6.45, 7) is 0.579. The fourth-order valence-electron chi connectivity index (χ4n) is 3.66. The van der Waals surface area contributed by atoms with E-state index in [0.29, 0.717) is 17.4 Å². The van der Waals surface area contributed by atoms with Crippen LogP contribution in [0.4, 0.5) is 0 Å². The molecular formula is C15H22N2O2S. The second kappa shape index (κ2) is 5.47. The summed E-state index contributed by atoms with van der Waals surface area (Å²) >= 11 is 0. The summed E-state index contributed by atoms with van der Waals surface area (Å²) < 4.78 is 27.7. The van der Waals surface area contributed by atoms with Crippen molar-refractivity contribution in [3.63, 3.8) is 0 Å². The van der Waals surface area contributed by atoms with E-state index in [-0.39, 0.29) is 6.04 Å². The molecule has 0 radical (unpaired) electrons. The van der Waals surface area contributed by atoms with Crippen LogP contribution in [0.3, 0.4) is 0 Å². The fraction of sp³-hybridized carbons (Fsp3) is 0.600. The largest absolute Gasteiger partial charge is 0.330 e. The molecule has 3 rings (SSSR count). The molecule has 2 aliphatic rings. The van der Waals surface area contributed by atoms with Crippen molar-refractivity contribution in [2.75, 3.05) is 6.54 Å². The fourth-order valence-corrected chi connectivity index (χ4v) is 4.98. The number of nitrogens with two attached hydrogens (primary N) is 1. The van der Waals surface area contributed by atoms with Gasteiger partial charge in [0.25, 0.3) is 0 Å². The lowest BCUT2D eigenvalue weighted by Crippen LogP contribution is -2.38. The van der Waals surface area contributed by atoms with E-state index in [1.165, 1.54) is 19.3 Å². The molecule has 3 atom stereocenters. The topological polar surface area (TPSA) is 72.2 Å². The molecule has 2 saturated carbocycles. The maximum atomic E-state index is 12.4. The maximum absolute atomic E-state index is 12.4. The Morgan fingerprint density at radius 3 is 2.45 bits per heavy atom. The Kier molecular flexibility index (Phi) is 3.84. The molecule has 110 valence electrons. The number of hydrogen-bond acceptors (Lipinski definition) is 3. The lowest BCUT2D eigenvalue weighted by molar-refractivity contribution is 0.390. The van der Waals surface area contributed by atoms with Gasteiger partial charge in [0, 0.05) is 6.04 Å². The zero-order valence-corrected chi connectivity index (χ0v) is 12.4. The van der Waals surface area contributed by atoms with Crippen LogP contribution in [0.2, 0.25) is 0 Å². The molecule has 2 bridgehead atoms. The van der Waals surface area contributed by atoms with Gasteiger partial charge in [-0.05, 0) is 61.8 Å². The van der Waals surface area contributed by atoms with E-state index in [1.54, 1.807) is 12.1 Å². The minimum absolute atomic E-state index is 0.141. The normalized spacial score (nSPS) is 28.9. The van der Waals surface area contributed by atoms with Crippen molar-refractivity contribution in [1.29, 1.82) is 0 Å². The van der Waals surface area contributed by atoms with Crippen molar-refractivity contribution in [1.82, 2.24) is 4.72 Å². The van der Waals surface area contributed by atoms with Gasteiger partial charge >= 0.3 is 0 Å². The molecule has 0 aliphatic heterocycles. The summed E-state index contributed by atoms with van der Waals surface area (Å²) in [7, 11) is -3.38. The summed E-state index contributed by atoms with van der Waals surface area (Å²) in [5.41, 5.74) is 6.57. The summed E-state index contributed by atoms with van der Waals surface area (Å²) in [4.78, 5) is 0.362. The van der Waals surface area contributed by atoms with Gasteiger partial charge < -0.3 is 5.73 Å². The van der Waals surface area contributed by atoms with Crippen molar-refractivity contribution < 1.29 is 8.42 Å². The summed E-state index contributed by atoms with van der Waals surface area (Å²) in [5, 5.41) is 0. The Balaban J connectivity index is 1.71. The molecule has 3 unspecified atom stereocenters. The van der Waals surface area contributed by atoms with E-state index in [9.17, 15) is 8.42 Å². The highest BCUT2D eigenvalue weighted by atomic mass is 32.2. The Hall–Kier alpha value is -0.910. The number of nitrogens with one attached hydrogen (secondary N) is 1. The smallest absolute Gasteiger partial charge is 0.240 e. The van der Waals surface area contributed by atoms with Gasteiger partial charge in [-0.25, -0.2) is 13.1 Å². The van der Waals surface area contributed by atoms with Crippen LogP contribution in [0.1, 0.15) is 31.2 Å². The van der Waals surface area contributed by atoms with Gasteiger partial charge in [0.15, 0.2) is 0 Å². The monoisotopic (exact) mass is 294 g/mol. The number of hydrogen-bond donors (Lipinski definition) is 2. The van der Waals surface area contributed by atoms with Crippen LogP contribution in [0, 0.1) is 11.8 Å². The number of fused-ring (bicyclic) bond motifs is 2. The SMILES string of the molecule is NCCc1ccc(S(=O)(=O)NC2CC3CCC2C3)cc1. The summed E-state index contributed by atoms with van der Waals surface area (Å²) in [5.74, 6) is 1.28. The Morgan fingerprint density at radius 1 is 1.15 bits per heavy atom. The highest BCUT2D eigenvalue weighted by Gasteiger charge is 2.41. The first kappa shape index (κ1) is 14.0. The van der Waals surface area contributed by atoms with Crippen LogP contribution < -0.4 is 10.5 Å². The van der Waals surface area contributed by atoms with Crippen molar-refractivity contribution in [2.45, 2.75) is 43.0 Å². The molecular weight excluding hydrogens is 272 g/mol. The van der Waals surface area contributed by atoms with E-state index in [0.717, 1.165) is 24.3 Å². The average molecular weight is 294 g/mol. The molecule has 0 heterocycles. The van der Waals surface area contributed by atoms with Gasteiger partial charge in [0.1, 0.15) is 0 Å². The highest BCUT2D eigenvalue weighted by Crippen LogP contribution is 2.44. The molecule has 1 aromatic rings. The zero-order chi connectivity index (χ0) is 14.2. The molecule has 5 heteroatoms. The first-order chi connectivity index (χ1) is 9.58. The van der Waals surface area contributed by atoms with E-state index in [4.69, 9.17) is 5.73 Å². The minimum Gasteiger partial charge on any atom is -0.330 e. The van der Waals surface area contributed by atoms with E-state index in [2.05, 4.69) is 4.72 Å². The van der Waals surface area contributed by atoms with E-state index < -0.39 is 10.0 Å². The van der Waals surface area contributed by atoms with Gasteiger partial charge in [0.05, 0.1) is 4.90 Å². The average Bonchev–Trinajstić information content (AvgIpc) is 3.01. The zero-order valence-electron chi connectivity index (χ0n) is 11.6. The van der Waals surface area contributed by atoms with E-state index >= 15 is 0 Å². The van der Waals surface area contributed by atoms with Gasteiger partial charge in [-0.3, -0.25) is 0 Å². The van der Waals surface area contributed by atoms with Crippen LogP contribution in [0.5, 0.6) is 0 Å². The third-order valence-electron chi connectivity index (χ3n) is 4.71. The number of rotatable bonds is 5. The molecule has 0 aromatic heterocycles. The number of benzene rings is 1. The van der Waals surface area contributed by atoms with Gasteiger partial charge in [-0.1, -0.05) is 18.6 Å². The van der Waals surface area contributed by atoms with Crippen LogP contribution >= 0.6 is 0 Å². The molecule has 4 nitrogen and oxygen atoms in total. The van der Waals surface area contributed by atoms with Crippen LogP contribution in [-0.2, 0) is 16.4 Å². The van der Waals surface area contributed by atoms with Crippen LogP contribution in [0.15, 0.2) is 29.2 Å². The third kappa shape index (κ3) is 2.75. The maximum Gasteiger partial charge on any atom is 0.240 e. The molecule has 0 spiro atoms. The first-order valence-electron chi connectivity index (χ1n) is 7.40. The highest BCUT2D eigenvalue weighted by molar-refractivity contribution is 7.89. The standard InChI is InChI=1S/C15H22N2O2S/c16-8-7-11-2-5-14(6-3-11)20(18,19)17-15-10-12-1-4-13(15)9-12/h2-3,5-6,12-13,15,17H,1,4,7-10,16H2. The van der Waals surface area contributed by atoms with Crippen LogP contribution in [-0.4, -0.2) is 21.0 Å². The Labute approximate surface area is 120 Å². The predicted molar refractivity (Wildman–Crippen MR) is 78.8 cm³/mol. The van der Waals surface area contributed by atoms with Gasteiger partial charge in [0.2, 0.25) is 10.0 Å². The molecule has 2 fully saturated rings. The summed E-state index contributed by atoms with van der Waals surface area (Å²) in [6.07, 6.45) is 5.43. The minimum atomic E-state index is -3.38. The first-order valence-corrected chi connectivity index (χ1v) is 8.88. The van der Waals surface area contributed by atoms with Crippen molar-refractivity contribution in [2.24, 2.45) is 17.6 Å². The van der Waals surface area contributed by atoms with Crippen molar-refractivity contribution in [3.05, 3.63) is 29.8 Å². The molecule has 1 aromatic carbocycles. The second-order valence-electron chi connectivity index (χ2n) is 6.09. The number of sulfonamides is 1. The Morgan fingerprint density at radius 2 is 1.90 bits per heavy atom. The molecule has 2 aliphatic carbocycles.